The predicted molar refractivity (Wildman–Crippen MR) is 152 cm³/mol. The van der Waals surface area contributed by atoms with Crippen molar-refractivity contribution in [3.63, 3.8) is 0 Å². The van der Waals surface area contributed by atoms with E-state index in [0.29, 0.717) is 41.4 Å². The van der Waals surface area contributed by atoms with Crippen LogP contribution in [-0.4, -0.2) is 64.2 Å². The van der Waals surface area contributed by atoms with Gasteiger partial charge in [0.05, 0.1) is 46.4 Å². The maximum atomic E-state index is 14.1. The van der Waals surface area contributed by atoms with E-state index in [9.17, 15) is 13.8 Å². The number of fused-ring (bicyclic) bond motifs is 1. The Kier molecular flexibility index (Phi) is 9.98. The molecule has 2 aromatic heterocycles. The molecule has 210 valence electrons. The van der Waals surface area contributed by atoms with Crippen molar-refractivity contribution in [2.45, 2.75) is 31.2 Å². The number of benzene rings is 2. The van der Waals surface area contributed by atoms with Crippen LogP contribution in [0.25, 0.3) is 11.0 Å². The van der Waals surface area contributed by atoms with Gasteiger partial charge in [-0.3, -0.25) is 18.9 Å². The van der Waals surface area contributed by atoms with Crippen LogP contribution in [0.15, 0.2) is 72.0 Å². The summed E-state index contributed by atoms with van der Waals surface area (Å²) < 4.78 is 31.3. The third-order valence-corrected chi connectivity index (χ3v) is 7.34. The fourth-order valence-electron chi connectivity index (χ4n) is 4.12. The highest BCUT2D eigenvalue weighted by molar-refractivity contribution is 7.84. The molecule has 0 aliphatic rings. The van der Waals surface area contributed by atoms with E-state index in [1.165, 1.54) is 16.4 Å². The van der Waals surface area contributed by atoms with Gasteiger partial charge in [-0.05, 0) is 37.3 Å². The van der Waals surface area contributed by atoms with Crippen LogP contribution in [0.1, 0.15) is 24.6 Å². The Hall–Kier alpha value is -4.09. The monoisotopic (exact) mass is 564 g/mol. The summed E-state index contributed by atoms with van der Waals surface area (Å²) in [6.07, 6.45) is 2.35. The molecular weight excluding hydrogens is 532 g/mol. The van der Waals surface area contributed by atoms with E-state index in [2.05, 4.69) is 9.97 Å². The average molecular weight is 565 g/mol. The third-order valence-electron chi connectivity index (χ3n) is 6.12. The van der Waals surface area contributed by atoms with E-state index in [1.54, 1.807) is 49.7 Å². The lowest BCUT2D eigenvalue weighted by atomic mass is 10.2. The molecule has 0 spiro atoms. The van der Waals surface area contributed by atoms with Gasteiger partial charge in [0.25, 0.3) is 0 Å². The molecule has 2 aromatic carbocycles. The fourth-order valence-corrected chi connectivity index (χ4v) is 5.37. The average Bonchev–Trinajstić information content (AvgIpc) is 3.35. The van der Waals surface area contributed by atoms with Crippen molar-refractivity contribution in [2.75, 3.05) is 38.4 Å². The molecule has 1 amide bonds. The normalized spacial score (nSPS) is 11.8. The molecule has 0 bridgehead atoms. The van der Waals surface area contributed by atoms with Crippen molar-refractivity contribution in [1.29, 1.82) is 0 Å². The number of anilines is 1. The number of nitrogens with zero attached hydrogens (tertiary/aromatic N) is 4. The number of hydrogen-bond acceptors (Lipinski definition) is 8. The number of imidazole rings is 1. The van der Waals surface area contributed by atoms with Crippen LogP contribution in [-0.2, 0) is 30.8 Å². The molecule has 2 heterocycles. The van der Waals surface area contributed by atoms with Crippen molar-refractivity contribution >= 4 is 39.5 Å². The van der Waals surface area contributed by atoms with E-state index in [1.807, 2.05) is 31.2 Å². The van der Waals surface area contributed by atoms with Crippen LogP contribution >= 0.6 is 0 Å². The number of pyridine rings is 1. The first-order chi connectivity index (χ1) is 19.4. The Morgan fingerprint density at radius 1 is 1.00 bits per heavy atom. The molecule has 0 aliphatic heterocycles. The minimum atomic E-state index is -1.73. The molecule has 0 saturated heterocycles. The molecule has 1 unspecified atom stereocenters. The largest absolute Gasteiger partial charge is 0.493 e. The van der Waals surface area contributed by atoms with Crippen molar-refractivity contribution in [3.8, 4) is 5.75 Å². The van der Waals surface area contributed by atoms with Crippen LogP contribution < -0.4 is 9.64 Å². The van der Waals surface area contributed by atoms with Gasteiger partial charge in [-0.25, -0.2) is 14.3 Å². The highest BCUT2D eigenvalue weighted by atomic mass is 32.2. The standard InChI is InChI=1S/C29H32N4O6S/c1-21-25(30-15-14-27(21)39-18-9-17-37-3)20-40(36)28-31-24-12-7-8-13-26(24)33(28)29(35)32(16-19-38-22(2)34)23-10-5-4-6-11-23/h4-8,10-15H,9,16-20H2,1-3H3. The van der Waals surface area contributed by atoms with E-state index in [0.717, 1.165) is 12.0 Å². The van der Waals surface area contributed by atoms with Gasteiger partial charge in [0.2, 0.25) is 5.16 Å². The summed E-state index contributed by atoms with van der Waals surface area (Å²) in [5.41, 5.74) is 3.01. The van der Waals surface area contributed by atoms with Gasteiger partial charge >= 0.3 is 12.0 Å². The zero-order valence-corrected chi connectivity index (χ0v) is 23.6. The summed E-state index contributed by atoms with van der Waals surface area (Å²) in [6.45, 7) is 4.35. The minimum absolute atomic E-state index is 0.00130. The molecule has 0 fully saturated rings. The highest BCUT2D eigenvalue weighted by Gasteiger charge is 2.27. The number of carbonyl (C=O) groups is 2. The maximum absolute atomic E-state index is 14.1. The summed E-state index contributed by atoms with van der Waals surface area (Å²) >= 11 is 0. The Bertz CT molecular complexity index is 1490. The Morgan fingerprint density at radius 3 is 2.50 bits per heavy atom. The summed E-state index contributed by atoms with van der Waals surface area (Å²) in [6, 6.07) is 17.5. The van der Waals surface area contributed by atoms with Crippen LogP contribution in [0.3, 0.4) is 0 Å². The lowest BCUT2D eigenvalue weighted by molar-refractivity contribution is -0.140. The van der Waals surface area contributed by atoms with Gasteiger partial charge in [-0.1, -0.05) is 30.3 Å². The third kappa shape index (κ3) is 6.91. The first-order valence-corrected chi connectivity index (χ1v) is 14.1. The minimum Gasteiger partial charge on any atom is -0.493 e. The predicted octanol–water partition coefficient (Wildman–Crippen LogP) is 4.50. The Morgan fingerprint density at radius 2 is 1.75 bits per heavy atom. The molecule has 40 heavy (non-hydrogen) atoms. The number of aromatic nitrogens is 3. The van der Waals surface area contributed by atoms with E-state index in [4.69, 9.17) is 14.2 Å². The topological polar surface area (TPSA) is 113 Å². The molecule has 4 rings (SSSR count). The second-order valence-corrected chi connectivity index (χ2v) is 10.2. The van der Waals surface area contributed by atoms with Crippen molar-refractivity contribution in [2.24, 2.45) is 0 Å². The number of para-hydroxylation sites is 3. The Balaban J connectivity index is 1.67. The van der Waals surface area contributed by atoms with Gasteiger partial charge in [0, 0.05) is 44.5 Å². The number of amides is 1. The SMILES string of the molecule is COCCCOc1ccnc(CS(=O)c2nc3ccccc3n2C(=O)N(CCOC(C)=O)c2ccccc2)c1C. The highest BCUT2D eigenvalue weighted by Crippen LogP contribution is 2.26. The van der Waals surface area contributed by atoms with Gasteiger partial charge in [0.15, 0.2) is 0 Å². The van der Waals surface area contributed by atoms with Gasteiger partial charge < -0.3 is 14.2 Å². The molecule has 1 atom stereocenters. The number of rotatable bonds is 12. The smallest absolute Gasteiger partial charge is 0.335 e. The number of ether oxygens (including phenoxy) is 3. The van der Waals surface area contributed by atoms with Crippen LogP contribution in [0.5, 0.6) is 5.75 Å². The molecule has 0 saturated carbocycles. The first-order valence-electron chi connectivity index (χ1n) is 12.8. The Labute approximate surface area is 235 Å². The zero-order chi connectivity index (χ0) is 28.5. The summed E-state index contributed by atoms with van der Waals surface area (Å²) in [5, 5.41) is 0.104. The summed E-state index contributed by atoms with van der Waals surface area (Å²) in [5.74, 6) is 0.253. The number of esters is 1. The molecule has 11 heteroatoms. The van der Waals surface area contributed by atoms with Crippen LogP contribution in [0.4, 0.5) is 10.5 Å². The number of carbonyl (C=O) groups excluding carboxylic acids is 2. The summed E-state index contributed by atoms with van der Waals surface area (Å²) in [4.78, 5) is 36.0. The zero-order valence-electron chi connectivity index (χ0n) is 22.7. The second kappa shape index (κ2) is 13.8. The molecule has 0 radical (unpaired) electrons. The van der Waals surface area contributed by atoms with Crippen LogP contribution in [0, 0.1) is 6.92 Å². The van der Waals surface area contributed by atoms with E-state index < -0.39 is 22.8 Å². The molecule has 0 N–H and O–H groups in total. The van der Waals surface area contributed by atoms with Gasteiger partial charge in [-0.2, -0.15) is 0 Å². The quantitative estimate of drug-likeness (QED) is 0.183. The maximum Gasteiger partial charge on any atom is 0.335 e. The molecule has 4 aromatic rings. The number of methoxy groups -OCH3 is 1. The molecule has 0 aliphatic carbocycles. The van der Waals surface area contributed by atoms with Crippen molar-refractivity contribution in [3.05, 3.63) is 78.1 Å². The molecular formula is C29H32N4O6S. The summed E-state index contributed by atoms with van der Waals surface area (Å²) in [7, 11) is -0.0905. The van der Waals surface area contributed by atoms with Gasteiger partial charge in [0.1, 0.15) is 12.4 Å². The van der Waals surface area contributed by atoms with Gasteiger partial charge in [-0.15, -0.1) is 0 Å². The van der Waals surface area contributed by atoms with Crippen LogP contribution in [0.2, 0.25) is 0 Å². The van der Waals surface area contributed by atoms with Crippen molar-refractivity contribution < 1.29 is 28.0 Å². The van der Waals surface area contributed by atoms with Crippen molar-refractivity contribution in [1.82, 2.24) is 14.5 Å². The molecule has 10 nitrogen and oxygen atoms in total. The van der Waals surface area contributed by atoms with E-state index in [-0.39, 0.29) is 24.1 Å². The first kappa shape index (κ1) is 28.9. The lowest BCUT2D eigenvalue weighted by Crippen LogP contribution is -2.38. The van der Waals surface area contributed by atoms with E-state index >= 15 is 0 Å². The number of hydrogen-bond donors (Lipinski definition) is 0. The lowest BCUT2D eigenvalue weighted by Gasteiger charge is -2.23. The second-order valence-electron chi connectivity index (χ2n) is 8.89. The fraction of sp³-hybridized carbons (Fsp3) is 0.310.